The molecule has 0 radical (unpaired) electrons. The van der Waals surface area contributed by atoms with E-state index >= 15 is 0 Å². The minimum Gasteiger partial charge on any atom is -0.398 e. The van der Waals surface area contributed by atoms with Crippen molar-refractivity contribution in [3.63, 3.8) is 0 Å². The number of nitrogens with two attached hydrogens (primary N) is 1. The Kier molecular flexibility index (Phi) is 3.30. The third kappa shape index (κ3) is 3.24. The Balaban J connectivity index is 2.91. The zero-order chi connectivity index (χ0) is 11.5. The molecule has 0 unspecified atom stereocenters. The minimum atomic E-state index is -0.376. The van der Waals surface area contributed by atoms with E-state index in [2.05, 4.69) is 0 Å². The van der Waals surface area contributed by atoms with Crippen molar-refractivity contribution in [1.82, 2.24) is 0 Å². The fourth-order valence-corrected chi connectivity index (χ4v) is 1.07. The van der Waals surface area contributed by atoms with Gasteiger partial charge in [-0.05, 0) is 5.56 Å². The number of benzene rings is 1. The first-order valence-electron chi connectivity index (χ1n) is 4.98. The lowest BCUT2D eigenvalue weighted by molar-refractivity contribution is -0.121. The highest BCUT2D eigenvalue weighted by Crippen LogP contribution is 2.17. The molecule has 15 heavy (non-hydrogen) atoms. The average molecular weight is 203 g/mol. The highest BCUT2D eigenvalue weighted by Gasteiger charge is 2.19. The van der Waals surface area contributed by atoms with Crippen LogP contribution in [0.3, 0.4) is 0 Å². The molecule has 0 aliphatic carbocycles. The van der Waals surface area contributed by atoms with Crippen LogP contribution in [0.5, 0.6) is 0 Å². The molecular weight excluding hydrogens is 186 g/mol. The van der Waals surface area contributed by atoms with E-state index in [1.807, 2.05) is 51.1 Å². The van der Waals surface area contributed by atoms with Crippen molar-refractivity contribution in [2.24, 2.45) is 11.1 Å². The smallest absolute Gasteiger partial charge is 0.163 e. The minimum absolute atomic E-state index is 0.0452. The van der Waals surface area contributed by atoms with E-state index in [4.69, 9.17) is 5.73 Å². The molecule has 2 heteroatoms. The summed E-state index contributed by atoms with van der Waals surface area (Å²) in [7, 11) is 0. The summed E-state index contributed by atoms with van der Waals surface area (Å²) in [6, 6.07) is 9.50. The number of hydrogen-bond donors (Lipinski definition) is 1. The maximum Gasteiger partial charge on any atom is 0.163 e. The van der Waals surface area contributed by atoms with Gasteiger partial charge in [0.1, 0.15) is 0 Å². The van der Waals surface area contributed by atoms with Gasteiger partial charge in [-0.25, -0.2) is 0 Å². The van der Waals surface area contributed by atoms with Gasteiger partial charge in [-0.3, -0.25) is 4.79 Å². The Bertz CT molecular complexity index is 371. The average Bonchev–Trinajstić information content (AvgIpc) is 2.17. The number of ketones is 1. The fraction of sp³-hybridized carbons (Fsp3) is 0.308. The van der Waals surface area contributed by atoms with Crippen molar-refractivity contribution in [2.75, 3.05) is 0 Å². The lowest BCUT2D eigenvalue weighted by Crippen LogP contribution is -2.18. The molecule has 0 aromatic heterocycles. The van der Waals surface area contributed by atoms with Gasteiger partial charge in [0.2, 0.25) is 0 Å². The summed E-state index contributed by atoms with van der Waals surface area (Å²) in [5.41, 5.74) is 6.87. The molecule has 1 rings (SSSR count). The molecule has 0 heterocycles. The second-order valence-corrected chi connectivity index (χ2v) is 4.58. The van der Waals surface area contributed by atoms with Gasteiger partial charge < -0.3 is 5.73 Å². The van der Waals surface area contributed by atoms with E-state index < -0.39 is 0 Å². The summed E-state index contributed by atoms with van der Waals surface area (Å²) in [4.78, 5) is 11.7. The van der Waals surface area contributed by atoms with Crippen LogP contribution in [0.4, 0.5) is 0 Å². The second-order valence-electron chi connectivity index (χ2n) is 4.58. The molecule has 0 aliphatic heterocycles. The van der Waals surface area contributed by atoms with E-state index in [-0.39, 0.29) is 11.2 Å². The lowest BCUT2D eigenvalue weighted by atomic mass is 9.90. The molecule has 0 bridgehead atoms. The topological polar surface area (TPSA) is 43.1 Å². The van der Waals surface area contributed by atoms with Gasteiger partial charge >= 0.3 is 0 Å². The predicted octanol–water partition coefficient (Wildman–Crippen LogP) is 2.60. The zero-order valence-corrected chi connectivity index (χ0v) is 9.45. The van der Waals surface area contributed by atoms with E-state index in [0.29, 0.717) is 5.70 Å². The number of carbonyl (C=O) groups is 1. The summed E-state index contributed by atoms with van der Waals surface area (Å²) in [5, 5.41) is 0. The van der Waals surface area contributed by atoms with Crippen LogP contribution in [0.15, 0.2) is 36.4 Å². The molecule has 1 aromatic carbocycles. The Morgan fingerprint density at radius 3 is 2.20 bits per heavy atom. The standard InChI is InChI=1S/C13H17NO/c1-13(2,3)12(15)9-11(14)10-7-5-4-6-8-10/h4-9H,14H2,1-3H3. The molecular formula is C13H17NO. The first-order chi connectivity index (χ1) is 6.91. The van der Waals surface area contributed by atoms with E-state index in [1.165, 1.54) is 6.08 Å². The van der Waals surface area contributed by atoms with Crippen LogP contribution in [0.1, 0.15) is 26.3 Å². The summed E-state index contributed by atoms with van der Waals surface area (Å²) in [6.07, 6.45) is 1.51. The highest BCUT2D eigenvalue weighted by molar-refractivity contribution is 5.99. The summed E-state index contributed by atoms with van der Waals surface area (Å²) < 4.78 is 0. The molecule has 0 amide bonds. The van der Waals surface area contributed by atoms with Crippen LogP contribution in [0.25, 0.3) is 5.70 Å². The summed E-state index contributed by atoms with van der Waals surface area (Å²) >= 11 is 0. The summed E-state index contributed by atoms with van der Waals surface area (Å²) in [6.45, 7) is 5.64. The SMILES string of the molecule is CC(C)(C)C(=O)C=C(N)c1ccccc1. The normalized spacial score (nSPS) is 12.6. The van der Waals surface area contributed by atoms with Crippen molar-refractivity contribution in [3.05, 3.63) is 42.0 Å². The molecule has 0 spiro atoms. The van der Waals surface area contributed by atoms with Gasteiger partial charge in [0.15, 0.2) is 5.78 Å². The van der Waals surface area contributed by atoms with E-state index in [1.54, 1.807) is 0 Å². The molecule has 0 saturated heterocycles. The van der Waals surface area contributed by atoms with Gasteiger partial charge in [-0.1, -0.05) is 51.1 Å². The summed E-state index contributed by atoms with van der Waals surface area (Å²) in [5.74, 6) is 0.0452. The van der Waals surface area contributed by atoms with Crippen LogP contribution in [0.2, 0.25) is 0 Å². The maximum absolute atomic E-state index is 11.7. The monoisotopic (exact) mass is 203 g/mol. The Morgan fingerprint density at radius 1 is 1.20 bits per heavy atom. The van der Waals surface area contributed by atoms with Gasteiger partial charge in [0.05, 0.1) is 0 Å². The molecule has 0 fully saturated rings. The predicted molar refractivity (Wildman–Crippen MR) is 63.1 cm³/mol. The first kappa shape index (κ1) is 11.5. The van der Waals surface area contributed by atoms with Crippen molar-refractivity contribution < 1.29 is 4.79 Å². The lowest BCUT2D eigenvalue weighted by Gasteiger charge is -2.14. The molecule has 1 aromatic rings. The Hall–Kier alpha value is -1.57. The quantitative estimate of drug-likeness (QED) is 0.751. The fourth-order valence-electron chi connectivity index (χ4n) is 1.07. The number of hydrogen-bond acceptors (Lipinski definition) is 2. The van der Waals surface area contributed by atoms with Crippen LogP contribution in [-0.4, -0.2) is 5.78 Å². The van der Waals surface area contributed by atoms with Crippen LogP contribution < -0.4 is 5.73 Å². The molecule has 2 nitrogen and oxygen atoms in total. The number of allylic oxidation sites excluding steroid dienone is 1. The first-order valence-corrected chi connectivity index (χ1v) is 4.98. The van der Waals surface area contributed by atoms with Crippen LogP contribution in [0, 0.1) is 5.41 Å². The van der Waals surface area contributed by atoms with E-state index in [9.17, 15) is 4.79 Å². The molecule has 0 atom stereocenters. The van der Waals surface area contributed by atoms with Crippen molar-refractivity contribution in [3.8, 4) is 0 Å². The van der Waals surface area contributed by atoms with Crippen LogP contribution in [-0.2, 0) is 4.79 Å². The zero-order valence-electron chi connectivity index (χ0n) is 9.45. The van der Waals surface area contributed by atoms with Gasteiger partial charge in [0.25, 0.3) is 0 Å². The van der Waals surface area contributed by atoms with Crippen molar-refractivity contribution in [1.29, 1.82) is 0 Å². The Labute approximate surface area is 90.8 Å². The second kappa shape index (κ2) is 4.30. The molecule has 0 aliphatic rings. The van der Waals surface area contributed by atoms with Gasteiger partial charge in [-0.2, -0.15) is 0 Å². The number of carbonyl (C=O) groups excluding carboxylic acids is 1. The maximum atomic E-state index is 11.7. The number of rotatable bonds is 2. The third-order valence-electron chi connectivity index (χ3n) is 2.13. The molecule has 0 saturated carbocycles. The Morgan fingerprint density at radius 2 is 1.73 bits per heavy atom. The van der Waals surface area contributed by atoms with Gasteiger partial charge in [-0.15, -0.1) is 0 Å². The largest absolute Gasteiger partial charge is 0.398 e. The molecule has 80 valence electrons. The van der Waals surface area contributed by atoms with E-state index in [0.717, 1.165) is 5.56 Å². The van der Waals surface area contributed by atoms with Crippen molar-refractivity contribution >= 4 is 11.5 Å². The molecule has 2 N–H and O–H groups in total. The van der Waals surface area contributed by atoms with Gasteiger partial charge in [0, 0.05) is 17.2 Å². The highest BCUT2D eigenvalue weighted by atomic mass is 16.1. The van der Waals surface area contributed by atoms with Crippen LogP contribution >= 0.6 is 0 Å². The van der Waals surface area contributed by atoms with Crippen molar-refractivity contribution in [2.45, 2.75) is 20.8 Å². The third-order valence-corrected chi connectivity index (χ3v) is 2.13.